The van der Waals surface area contributed by atoms with Crippen LogP contribution in [0.5, 0.6) is 0 Å². The molecule has 0 aromatic heterocycles. The lowest BCUT2D eigenvalue weighted by atomic mass is 10.1. The normalized spacial score (nSPS) is 13.8. The van der Waals surface area contributed by atoms with Crippen molar-refractivity contribution in [1.82, 2.24) is 15.1 Å². The summed E-state index contributed by atoms with van der Waals surface area (Å²) >= 11 is 0. The van der Waals surface area contributed by atoms with E-state index in [2.05, 4.69) is 0 Å². The van der Waals surface area contributed by atoms with Crippen LogP contribution < -0.4 is 5.32 Å². The Bertz CT molecular complexity index is 907. The summed E-state index contributed by atoms with van der Waals surface area (Å²) in [5.41, 5.74) is 1.64. The lowest BCUT2D eigenvalue weighted by Gasteiger charge is -2.23. The average Bonchev–Trinajstić information content (AvgIpc) is 2.91. The summed E-state index contributed by atoms with van der Waals surface area (Å²) in [6, 6.07) is 12.7. The molecule has 3 amide bonds. The van der Waals surface area contributed by atoms with Gasteiger partial charge in [-0.15, -0.1) is 0 Å². The number of fused-ring (bicyclic) bond motifs is 1. The van der Waals surface area contributed by atoms with Crippen LogP contribution >= 0.6 is 0 Å². The highest BCUT2D eigenvalue weighted by Gasteiger charge is 2.35. The van der Waals surface area contributed by atoms with Crippen LogP contribution in [0, 0.1) is 0 Å². The van der Waals surface area contributed by atoms with Crippen molar-refractivity contribution in [2.45, 2.75) is 12.7 Å². The number of carbonyl (C=O) groups is 3. The van der Waals surface area contributed by atoms with E-state index in [4.69, 9.17) is 0 Å². The summed E-state index contributed by atoms with van der Waals surface area (Å²) in [6.45, 7) is -0.936. The number of alkyl halides is 3. The molecule has 1 N–H and O–H groups in total. The van der Waals surface area contributed by atoms with Gasteiger partial charge in [-0.3, -0.25) is 24.2 Å². The SMILES string of the molecule is CN(Cc1ccc(C(=O)NCC(F)(F)F)cc1)CN1C(=O)c2ccccc2C1=O. The van der Waals surface area contributed by atoms with Crippen LogP contribution in [0.4, 0.5) is 13.2 Å². The minimum Gasteiger partial charge on any atom is -0.343 e. The fourth-order valence-corrected chi connectivity index (χ4v) is 3.01. The summed E-state index contributed by atoms with van der Waals surface area (Å²) in [4.78, 5) is 39.4. The molecule has 0 radical (unpaired) electrons. The molecule has 2 aromatic carbocycles. The molecule has 0 aliphatic carbocycles. The maximum atomic E-state index is 12.4. The third kappa shape index (κ3) is 4.80. The highest BCUT2D eigenvalue weighted by Crippen LogP contribution is 2.22. The van der Waals surface area contributed by atoms with Crippen LogP contribution in [0.2, 0.25) is 0 Å². The molecular formula is C20H18F3N3O3. The first-order valence-corrected chi connectivity index (χ1v) is 8.73. The van der Waals surface area contributed by atoms with Gasteiger partial charge in [0.25, 0.3) is 17.7 Å². The van der Waals surface area contributed by atoms with E-state index in [1.165, 1.54) is 12.1 Å². The van der Waals surface area contributed by atoms with Gasteiger partial charge in [-0.25, -0.2) is 0 Å². The smallest absolute Gasteiger partial charge is 0.343 e. The number of hydrogen-bond donors (Lipinski definition) is 1. The van der Waals surface area contributed by atoms with Crippen molar-refractivity contribution in [3.63, 3.8) is 0 Å². The molecular weight excluding hydrogens is 387 g/mol. The number of nitrogens with zero attached hydrogens (tertiary/aromatic N) is 2. The van der Waals surface area contributed by atoms with Crippen molar-refractivity contribution < 1.29 is 27.6 Å². The first kappa shape index (κ1) is 20.5. The summed E-state index contributed by atoms with van der Waals surface area (Å²) in [5, 5.41) is 1.81. The predicted molar refractivity (Wildman–Crippen MR) is 98.1 cm³/mol. The molecule has 1 heterocycles. The molecule has 3 rings (SSSR count). The van der Waals surface area contributed by atoms with Gasteiger partial charge in [0.2, 0.25) is 0 Å². The highest BCUT2D eigenvalue weighted by molar-refractivity contribution is 6.21. The number of amides is 3. The Kier molecular flexibility index (Phi) is 5.69. The Balaban J connectivity index is 1.58. The van der Waals surface area contributed by atoms with E-state index < -0.39 is 18.6 Å². The van der Waals surface area contributed by atoms with Gasteiger partial charge < -0.3 is 5.32 Å². The quantitative estimate of drug-likeness (QED) is 0.751. The van der Waals surface area contributed by atoms with Crippen LogP contribution in [0.15, 0.2) is 48.5 Å². The van der Waals surface area contributed by atoms with Crippen LogP contribution in [0.3, 0.4) is 0 Å². The van der Waals surface area contributed by atoms with E-state index in [0.29, 0.717) is 17.7 Å². The predicted octanol–water partition coefficient (Wildman–Crippen LogP) is 2.66. The second kappa shape index (κ2) is 8.04. The molecule has 29 heavy (non-hydrogen) atoms. The van der Waals surface area contributed by atoms with E-state index in [1.54, 1.807) is 48.3 Å². The zero-order valence-corrected chi connectivity index (χ0v) is 15.5. The minimum atomic E-state index is -4.47. The summed E-state index contributed by atoms with van der Waals surface area (Å²) in [5.74, 6) is -1.52. The summed E-state index contributed by atoms with van der Waals surface area (Å²) < 4.78 is 36.5. The fourth-order valence-electron chi connectivity index (χ4n) is 3.01. The first-order chi connectivity index (χ1) is 13.7. The van der Waals surface area contributed by atoms with E-state index in [0.717, 1.165) is 10.5 Å². The first-order valence-electron chi connectivity index (χ1n) is 8.73. The number of nitrogens with one attached hydrogen (secondary N) is 1. The van der Waals surface area contributed by atoms with Gasteiger partial charge in [0.05, 0.1) is 17.8 Å². The molecule has 0 bridgehead atoms. The van der Waals surface area contributed by atoms with Crippen LogP contribution in [-0.2, 0) is 6.54 Å². The Labute approximate surface area is 164 Å². The molecule has 0 fully saturated rings. The van der Waals surface area contributed by atoms with Gasteiger partial charge in [-0.2, -0.15) is 13.2 Å². The van der Waals surface area contributed by atoms with Crippen molar-refractivity contribution >= 4 is 17.7 Å². The maximum absolute atomic E-state index is 12.4. The van der Waals surface area contributed by atoms with E-state index in [1.807, 2.05) is 5.32 Å². The van der Waals surface area contributed by atoms with Crippen LogP contribution in [0.25, 0.3) is 0 Å². The Morgan fingerprint density at radius 2 is 1.55 bits per heavy atom. The lowest BCUT2D eigenvalue weighted by molar-refractivity contribution is -0.123. The van der Waals surface area contributed by atoms with E-state index in [-0.39, 0.29) is 24.0 Å². The monoisotopic (exact) mass is 405 g/mol. The standard InChI is InChI=1S/C20H18F3N3O3/c1-25(12-26-18(28)15-4-2-3-5-16(15)19(26)29)10-13-6-8-14(9-7-13)17(27)24-11-20(21,22)23/h2-9H,10-12H2,1H3,(H,24,27). The largest absolute Gasteiger partial charge is 0.405 e. The van der Waals surface area contributed by atoms with Crippen molar-refractivity contribution in [2.75, 3.05) is 20.3 Å². The minimum absolute atomic E-state index is 0.0835. The van der Waals surface area contributed by atoms with Gasteiger partial charge in [0.1, 0.15) is 6.54 Å². The van der Waals surface area contributed by atoms with E-state index in [9.17, 15) is 27.6 Å². The molecule has 0 atom stereocenters. The van der Waals surface area contributed by atoms with Gasteiger partial charge in [-0.1, -0.05) is 24.3 Å². The molecule has 0 spiro atoms. The second-order valence-corrected chi connectivity index (χ2v) is 6.73. The molecule has 0 saturated carbocycles. The van der Waals surface area contributed by atoms with Gasteiger partial charge in [0, 0.05) is 12.1 Å². The molecule has 152 valence electrons. The van der Waals surface area contributed by atoms with Crippen LogP contribution in [0.1, 0.15) is 36.6 Å². The lowest BCUT2D eigenvalue weighted by Crippen LogP contribution is -2.39. The van der Waals surface area contributed by atoms with Gasteiger partial charge >= 0.3 is 6.18 Å². The Morgan fingerprint density at radius 3 is 2.07 bits per heavy atom. The van der Waals surface area contributed by atoms with Crippen molar-refractivity contribution in [3.05, 3.63) is 70.8 Å². The molecule has 6 nitrogen and oxygen atoms in total. The third-order valence-corrected chi connectivity index (χ3v) is 4.38. The van der Waals surface area contributed by atoms with Gasteiger partial charge in [-0.05, 0) is 36.9 Å². The number of halogens is 3. The molecule has 9 heteroatoms. The number of hydrogen-bond acceptors (Lipinski definition) is 4. The molecule has 1 aliphatic heterocycles. The number of imide groups is 1. The Morgan fingerprint density at radius 1 is 1.00 bits per heavy atom. The topological polar surface area (TPSA) is 69.7 Å². The van der Waals surface area contributed by atoms with Gasteiger partial charge in [0.15, 0.2) is 0 Å². The highest BCUT2D eigenvalue weighted by atomic mass is 19.4. The molecule has 2 aromatic rings. The number of rotatable bonds is 6. The zero-order chi connectivity index (χ0) is 21.2. The third-order valence-electron chi connectivity index (χ3n) is 4.38. The number of carbonyl (C=O) groups excluding carboxylic acids is 3. The summed E-state index contributed by atoms with van der Waals surface area (Å²) in [7, 11) is 1.73. The Hall–Kier alpha value is -3.20. The van der Waals surface area contributed by atoms with Crippen LogP contribution in [-0.4, -0.2) is 54.0 Å². The maximum Gasteiger partial charge on any atom is 0.405 e. The molecule has 0 saturated heterocycles. The average molecular weight is 405 g/mol. The van der Waals surface area contributed by atoms with E-state index >= 15 is 0 Å². The zero-order valence-electron chi connectivity index (χ0n) is 15.5. The fraction of sp³-hybridized carbons (Fsp3) is 0.250. The van der Waals surface area contributed by atoms with Crippen molar-refractivity contribution in [1.29, 1.82) is 0 Å². The second-order valence-electron chi connectivity index (χ2n) is 6.73. The molecule has 0 unspecified atom stereocenters. The summed E-state index contributed by atoms with van der Waals surface area (Å²) in [6.07, 6.45) is -4.47. The number of benzene rings is 2. The van der Waals surface area contributed by atoms with Crippen molar-refractivity contribution in [3.8, 4) is 0 Å². The molecule has 1 aliphatic rings. The van der Waals surface area contributed by atoms with Crippen molar-refractivity contribution in [2.24, 2.45) is 0 Å².